The summed E-state index contributed by atoms with van der Waals surface area (Å²) in [5.41, 5.74) is 3.24. The SMILES string of the molecule is Cc1cc(C)n(CC(=O)N2CCCCCC2c2cccn2C)n1. The average Bonchev–Trinajstić information content (AvgIpc) is 2.95. The third-order valence-corrected chi connectivity index (χ3v) is 4.79. The molecule has 5 nitrogen and oxygen atoms in total. The van der Waals surface area contributed by atoms with Crippen molar-refractivity contribution in [2.75, 3.05) is 6.54 Å². The van der Waals surface area contributed by atoms with Crippen LogP contribution in [-0.2, 0) is 18.4 Å². The van der Waals surface area contributed by atoms with Crippen LogP contribution in [0.2, 0.25) is 0 Å². The van der Waals surface area contributed by atoms with Gasteiger partial charge in [-0.2, -0.15) is 5.10 Å². The van der Waals surface area contributed by atoms with Crippen molar-refractivity contribution < 1.29 is 4.79 Å². The van der Waals surface area contributed by atoms with Crippen LogP contribution in [0.25, 0.3) is 0 Å². The Morgan fingerprint density at radius 1 is 1.30 bits per heavy atom. The summed E-state index contributed by atoms with van der Waals surface area (Å²) in [4.78, 5) is 15.0. The first-order valence-corrected chi connectivity index (χ1v) is 8.48. The van der Waals surface area contributed by atoms with E-state index in [0.29, 0.717) is 6.54 Å². The van der Waals surface area contributed by atoms with Crippen LogP contribution in [-0.4, -0.2) is 31.7 Å². The lowest BCUT2D eigenvalue weighted by Gasteiger charge is -2.30. The van der Waals surface area contributed by atoms with Crippen molar-refractivity contribution in [3.63, 3.8) is 0 Å². The Morgan fingerprint density at radius 3 is 2.78 bits per heavy atom. The van der Waals surface area contributed by atoms with Gasteiger partial charge in [-0.15, -0.1) is 0 Å². The number of carbonyl (C=O) groups is 1. The zero-order valence-electron chi connectivity index (χ0n) is 14.3. The normalized spacial score (nSPS) is 18.9. The fourth-order valence-electron chi connectivity index (χ4n) is 3.59. The molecule has 0 radical (unpaired) electrons. The van der Waals surface area contributed by atoms with Gasteiger partial charge in [0.1, 0.15) is 6.54 Å². The highest BCUT2D eigenvalue weighted by molar-refractivity contribution is 5.76. The first-order chi connectivity index (χ1) is 11.1. The molecule has 1 aliphatic rings. The van der Waals surface area contributed by atoms with Gasteiger partial charge in [0.05, 0.1) is 11.7 Å². The number of nitrogens with zero attached hydrogens (tertiary/aromatic N) is 4. The smallest absolute Gasteiger partial charge is 0.244 e. The van der Waals surface area contributed by atoms with Gasteiger partial charge in [-0.3, -0.25) is 9.48 Å². The number of rotatable bonds is 3. The predicted octanol–water partition coefficient (Wildman–Crippen LogP) is 2.98. The van der Waals surface area contributed by atoms with Gasteiger partial charge in [-0.05, 0) is 44.9 Å². The highest BCUT2D eigenvalue weighted by Gasteiger charge is 2.28. The van der Waals surface area contributed by atoms with E-state index in [2.05, 4.69) is 39.9 Å². The van der Waals surface area contributed by atoms with Crippen LogP contribution in [0.15, 0.2) is 24.4 Å². The minimum Gasteiger partial charge on any atom is -0.353 e. The number of hydrogen-bond acceptors (Lipinski definition) is 2. The summed E-state index contributed by atoms with van der Waals surface area (Å²) in [6, 6.07) is 6.40. The fourth-order valence-corrected chi connectivity index (χ4v) is 3.59. The van der Waals surface area contributed by atoms with E-state index in [9.17, 15) is 4.79 Å². The standard InChI is InChI=1S/C18H26N4O/c1-14-12-15(2)22(19-14)13-18(23)21-11-6-4-5-8-17(21)16-9-7-10-20(16)3/h7,9-10,12,17H,4-6,8,11,13H2,1-3H3. The maximum Gasteiger partial charge on any atom is 0.244 e. The van der Waals surface area contributed by atoms with Gasteiger partial charge in [-0.25, -0.2) is 0 Å². The zero-order chi connectivity index (χ0) is 16.4. The lowest BCUT2D eigenvalue weighted by molar-refractivity contribution is -0.134. The van der Waals surface area contributed by atoms with E-state index in [1.807, 2.05) is 24.6 Å². The third kappa shape index (κ3) is 3.33. The fraction of sp³-hybridized carbons (Fsp3) is 0.556. The van der Waals surface area contributed by atoms with Crippen molar-refractivity contribution >= 4 is 5.91 Å². The summed E-state index contributed by atoms with van der Waals surface area (Å²) in [6.07, 6.45) is 6.57. The van der Waals surface area contributed by atoms with Crippen molar-refractivity contribution in [3.8, 4) is 0 Å². The van der Waals surface area contributed by atoms with E-state index in [1.54, 1.807) is 0 Å². The Morgan fingerprint density at radius 2 is 2.13 bits per heavy atom. The van der Waals surface area contributed by atoms with Crippen LogP contribution in [0.1, 0.15) is 48.8 Å². The monoisotopic (exact) mass is 314 g/mol. The molecule has 2 aromatic rings. The van der Waals surface area contributed by atoms with E-state index >= 15 is 0 Å². The first-order valence-electron chi connectivity index (χ1n) is 8.48. The molecule has 3 rings (SSSR count). The molecule has 3 heterocycles. The maximum absolute atomic E-state index is 13.0. The molecule has 0 bridgehead atoms. The molecule has 0 spiro atoms. The molecule has 0 aliphatic carbocycles. The molecule has 23 heavy (non-hydrogen) atoms. The first kappa shape index (κ1) is 15.8. The number of likely N-dealkylation sites (tertiary alicyclic amines) is 1. The van der Waals surface area contributed by atoms with Gasteiger partial charge >= 0.3 is 0 Å². The lowest BCUT2D eigenvalue weighted by atomic mass is 10.1. The molecule has 1 atom stereocenters. The van der Waals surface area contributed by atoms with Crippen LogP contribution < -0.4 is 0 Å². The van der Waals surface area contributed by atoms with Crippen molar-refractivity contribution in [2.45, 2.75) is 52.1 Å². The Hall–Kier alpha value is -2.04. The van der Waals surface area contributed by atoms with Gasteiger partial charge < -0.3 is 9.47 Å². The molecule has 2 aromatic heterocycles. The molecule has 1 unspecified atom stereocenters. The molecular formula is C18H26N4O. The van der Waals surface area contributed by atoms with Gasteiger partial charge in [0.2, 0.25) is 5.91 Å². The molecule has 1 aliphatic heterocycles. The van der Waals surface area contributed by atoms with Gasteiger partial charge in [0.25, 0.3) is 0 Å². The number of aromatic nitrogens is 3. The lowest BCUT2D eigenvalue weighted by Crippen LogP contribution is -2.38. The molecule has 1 fully saturated rings. The average molecular weight is 314 g/mol. The summed E-state index contributed by atoms with van der Waals surface area (Å²) in [5, 5.41) is 4.44. The van der Waals surface area contributed by atoms with Crippen molar-refractivity contribution in [3.05, 3.63) is 41.5 Å². The summed E-state index contributed by atoms with van der Waals surface area (Å²) in [7, 11) is 2.06. The maximum atomic E-state index is 13.0. The van der Waals surface area contributed by atoms with Crippen molar-refractivity contribution in [2.24, 2.45) is 7.05 Å². The van der Waals surface area contributed by atoms with E-state index in [-0.39, 0.29) is 11.9 Å². The summed E-state index contributed by atoms with van der Waals surface area (Å²) in [6.45, 7) is 5.14. The summed E-state index contributed by atoms with van der Waals surface area (Å²) in [5.74, 6) is 0.171. The highest BCUT2D eigenvalue weighted by atomic mass is 16.2. The van der Waals surface area contributed by atoms with Crippen LogP contribution >= 0.6 is 0 Å². The number of carbonyl (C=O) groups excluding carboxylic acids is 1. The molecule has 0 N–H and O–H groups in total. The predicted molar refractivity (Wildman–Crippen MR) is 90.0 cm³/mol. The van der Waals surface area contributed by atoms with Gasteiger partial charge in [-0.1, -0.05) is 12.8 Å². The van der Waals surface area contributed by atoms with E-state index in [4.69, 9.17) is 0 Å². The van der Waals surface area contributed by atoms with Crippen LogP contribution in [0.5, 0.6) is 0 Å². The van der Waals surface area contributed by atoms with Crippen molar-refractivity contribution in [1.82, 2.24) is 19.2 Å². The molecule has 124 valence electrons. The molecular weight excluding hydrogens is 288 g/mol. The third-order valence-electron chi connectivity index (χ3n) is 4.79. The van der Waals surface area contributed by atoms with Crippen LogP contribution in [0.3, 0.4) is 0 Å². The van der Waals surface area contributed by atoms with Gasteiger partial charge in [0.15, 0.2) is 0 Å². The Bertz CT molecular complexity index is 685. The number of hydrogen-bond donors (Lipinski definition) is 0. The Balaban J connectivity index is 1.83. The Kier molecular flexibility index (Phi) is 4.55. The second kappa shape index (κ2) is 6.60. The minimum absolute atomic E-state index is 0.171. The zero-order valence-corrected chi connectivity index (χ0v) is 14.3. The quantitative estimate of drug-likeness (QED) is 0.874. The molecule has 5 heteroatoms. The van der Waals surface area contributed by atoms with Crippen molar-refractivity contribution in [1.29, 1.82) is 0 Å². The summed E-state index contributed by atoms with van der Waals surface area (Å²) < 4.78 is 3.96. The second-order valence-corrected chi connectivity index (χ2v) is 6.58. The molecule has 0 aromatic carbocycles. The molecule has 1 saturated heterocycles. The largest absolute Gasteiger partial charge is 0.353 e. The van der Waals surface area contributed by atoms with E-state index in [0.717, 1.165) is 30.8 Å². The number of amides is 1. The van der Waals surface area contributed by atoms with E-state index < -0.39 is 0 Å². The highest BCUT2D eigenvalue weighted by Crippen LogP contribution is 2.30. The second-order valence-electron chi connectivity index (χ2n) is 6.58. The van der Waals surface area contributed by atoms with E-state index in [1.165, 1.54) is 18.5 Å². The minimum atomic E-state index is 0.171. The topological polar surface area (TPSA) is 43.1 Å². The molecule has 0 saturated carbocycles. The Labute approximate surface area is 137 Å². The van der Waals surface area contributed by atoms with Crippen LogP contribution in [0.4, 0.5) is 0 Å². The molecule has 1 amide bonds. The summed E-state index contributed by atoms with van der Waals surface area (Å²) >= 11 is 0. The van der Waals surface area contributed by atoms with Gasteiger partial charge in [0, 0.05) is 31.2 Å². The number of aryl methyl sites for hydroxylation is 3. The van der Waals surface area contributed by atoms with Crippen LogP contribution in [0, 0.1) is 13.8 Å².